The SMILES string of the molecule is C=C(C)C1(OC(C)=O)CCCC1. The highest BCUT2D eigenvalue weighted by molar-refractivity contribution is 5.67. The van der Waals surface area contributed by atoms with Crippen LogP contribution in [0.2, 0.25) is 0 Å². The third-order valence-electron chi connectivity index (χ3n) is 2.53. The molecule has 0 aromatic heterocycles. The average Bonchev–Trinajstić information content (AvgIpc) is 2.35. The van der Waals surface area contributed by atoms with Crippen LogP contribution in [0.15, 0.2) is 12.2 Å². The largest absolute Gasteiger partial charge is 0.455 e. The van der Waals surface area contributed by atoms with Gasteiger partial charge in [-0.3, -0.25) is 4.79 Å². The van der Waals surface area contributed by atoms with E-state index in [-0.39, 0.29) is 11.6 Å². The van der Waals surface area contributed by atoms with E-state index in [9.17, 15) is 4.79 Å². The summed E-state index contributed by atoms with van der Waals surface area (Å²) in [5.74, 6) is -0.195. The molecule has 0 N–H and O–H groups in total. The molecule has 0 radical (unpaired) electrons. The van der Waals surface area contributed by atoms with E-state index in [0.29, 0.717) is 0 Å². The van der Waals surface area contributed by atoms with Gasteiger partial charge in [-0.25, -0.2) is 0 Å². The lowest BCUT2D eigenvalue weighted by Crippen LogP contribution is -2.31. The number of carbonyl (C=O) groups excluding carboxylic acids is 1. The molecule has 1 fully saturated rings. The summed E-state index contributed by atoms with van der Waals surface area (Å²) in [6, 6.07) is 0. The van der Waals surface area contributed by atoms with Crippen molar-refractivity contribution in [3.63, 3.8) is 0 Å². The number of carbonyl (C=O) groups is 1. The number of rotatable bonds is 2. The lowest BCUT2D eigenvalue weighted by atomic mass is 9.94. The van der Waals surface area contributed by atoms with Gasteiger partial charge in [-0.1, -0.05) is 6.58 Å². The van der Waals surface area contributed by atoms with Gasteiger partial charge in [-0.2, -0.15) is 0 Å². The van der Waals surface area contributed by atoms with Crippen LogP contribution < -0.4 is 0 Å². The molecule has 2 heteroatoms. The Morgan fingerprint density at radius 3 is 2.17 bits per heavy atom. The van der Waals surface area contributed by atoms with Crippen molar-refractivity contribution in [2.24, 2.45) is 0 Å². The first-order valence-electron chi connectivity index (χ1n) is 4.42. The van der Waals surface area contributed by atoms with Crippen LogP contribution in [0.5, 0.6) is 0 Å². The zero-order chi connectivity index (χ0) is 9.19. The molecule has 0 atom stereocenters. The molecule has 0 unspecified atom stereocenters. The zero-order valence-corrected chi connectivity index (χ0v) is 7.85. The summed E-state index contributed by atoms with van der Waals surface area (Å²) in [5, 5.41) is 0. The lowest BCUT2D eigenvalue weighted by Gasteiger charge is -2.28. The smallest absolute Gasteiger partial charge is 0.303 e. The molecule has 1 saturated carbocycles. The monoisotopic (exact) mass is 168 g/mol. The van der Waals surface area contributed by atoms with Crippen molar-refractivity contribution in [3.05, 3.63) is 12.2 Å². The summed E-state index contributed by atoms with van der Waals surface area (Å²) < 4.78 is 5.32. The first-order chi connectivity index (χ1) is 5.57. The molecular weight excluding hydrogens is 152 g/mol. The van der Waals surface area contributed by atoms with E-state index in [2.05, 4.69) is 6.58 Å². The van der Waals surface area contributed by atoms with Crippen LogP contribution in [-0.2, 0) is 9.53 Å². The molecule has 0 aromatic rings. The van der Waals surface area contributed by atoms with Crippen LogP contribution in [0.4, 0.5) is 0 Å². The fourth-order valence-electron chi connectivity index (χ4n) is 1.84. The third-order valence-corrected chi connectivity index (χ3v) is 2.53. The van der Waals surface area contributed by atoms with E-state index in [0.717, 1.165) is 31.3 Å². The summed E-state index contributed by atoms with van der Waals surface area (Å²) in [4.78, 5) is 10.8. The normalized spacial score (nSPS) is 20.5. The molecule has 0 heterocycles. The van der Waals surface area contributed by atoms with Gasteiger partial charge in [0, 0.05) is 6.92 Å². The van der Waals surface area contributed by atoms with Crippen molar-refractivity contribution in [1.82, 2.24) is 0 Å². The lowest BCUT2D eigenvalue weighted by molar-refractivity contribution is -0.152. The summed E-state index contributed by atoms with van der Waals surface area (Å²) in [7, 11) is 0. The molecular formula is C10H16O2. The van der Waals surface area contributed by atoms with Crippen LogP contribution >= 0.6 is 0 Å². The van der Waals surface area contributed by atoms with Gasteiger partial charge in [0.05, 0.1) is 0 Å². The van der Waals surface area contributed by atoms with Crippen LogP contribution in [0, 0.1) is 0 Å². The average molecular weight is 168 g/mol. The maximum atomic E-state index is 10.8. The fourth-order valence-corrected chi connectivity index (χ4v) is 1.84. The first-order valence-corrected chi connectivity index (χ1v) is 4.42. The van der Waals surface area contributed by atoms with E-state index >= 15 is 0 Å². The highest BCUT2D eigenvalue weighted by Gasteiger charge is 2.37. The number of ether oxygens (including phenoxy) is 1. The van der Waals surface area contributed by atoms with Crippen LogP contribution in [-0.4, -0.2) is 11.6 Å². The van der Waals surface area contributed by atoms with Crippen molar-refractivity contribution in [2.45, 2.75) is 45.1 Å². The Kier molecular flexibility index (Phi) is 2.55. The van der Waals surface area contributed by atoms with Crippen molar-refractivity contribution in [1.29, 1.82) is 0 Å². The van der Waals surface area contributed by atoms with E-state index in [1.54, 1.807) is 0 Å². The van der Waals surface area contributed by atoms with E-state index < -0.39 is 0 Å². The van der Waals surface area contributed by atoms with Gasteiger partial charge >= 0.3 is 5.97 Å². The van der Waals surface area contributed by atoms with E-state index in [1.165, 1.54) is 6.92 Å². The molecule has 0 aromatic carbocycles. The third kappa shape index (κ3) is 1.68. The molecule has 12 heavy (non-hydrogen) atoms. The van der Waals surface area contributed by atoms with Gasteiger partial charge in [-0.15, -0.1) is 0 Å². The first kappa shape index (κ1) is 9.30. The molecule has 0 saturated heterocycles. The summed E-state index contributed by atoms with van der Waals surface area (Å²) in [5.41, 5.74) is 0.654. The Morgan fingerprint density at radius 1 is 1.33 bits per heavy atom. The van der Waals surface area contributed by atoms with E-state index in [1.807, 2.05) is 6.92 Å². The Morgan fingerprint density at radius 2 is 1.83 bits per heavy atom. The molecule has 2 nitrogen and oxygen atoms in total. The van der Waals surface area contributed by atoms with Crippen LogP contribution in [0.1, 0.15) is 39.5 Å². The molecule has 68 valence electrons. The maximum absolute atomic E-state index is 10.8. The second-order valence-corrected chi connectivity index (χ2v) is 3.58. The van der Waals surface area contributed by atoms with Crippen LogP contribution in [0.3, 0.4) is 0 Å². The van der Waals surface area contributed by atoms with Crippen LogP contribution in [0.25, 0.3) is 0 Å². The standard InChI is InChI=1S/C10H16O2/c1-8(2)10(12-9(3)11)6-4-5-7-10/h1,4-7H2,2-3H3. The van der Waals surface area contributed by atoms with Crippen molar-refractivity contribution in [2.75, 3.05) is 0 Å². The van der Waals surface area contributed by atoms with Gasteiger partial charge in [-0.05, 0) is 38.2 Å². The van der Waals surface area contributed by atoms with Gasteiger partial charge in [0.2, 0.25) is 0 Å². The Balaban J connectivity index is 2.72. The second-order valence-electron chi connectivity index (χ2n) is 3.58. The minimum absolute atomic E-state index is 0.195. The zero-order valence-electron chi connectivity index (χ0n) is 7.85. The summed E-state index contributed by atoms with van der Waals surface area (Å²) in [6.07, 6.45) is 4.17. The quantitative estimate of drug-likeness (QED) is 0.467. The Bertz CT molecular complexity index is 200. The van der Waals surface area contributed by atoms with Crippen molar-refractivity contribution < 1.29 is 9.53 Å². The minimum Gasteiger partial charge on any atom is -0.455 e. The highest BCUT2D eigenvalue weighted by Crippen LogP contribution is 2.38. The highest BCUT2D eigenvalue weighted by atomic mass is 16.6. The van der Waals surface area contributed by atoms with Crippen molar-refractivity contribution >= 4 is 5.97 Å². The van der Waals surface area contributed by atoms with Gasteiger partial charge in [0.1, 0.15) is 5.60 Å². The van der Waals surface area contributed by atoms with E-state index in [4.69, 9.17) is 4.74 Å². The molecule has 1 aliphatic rings. The molecule has 0 bridgehead atoms. The van der Waals surface area contributed by atoms with Gasteiger partial charge < -0.3 is 4.74 Å². The molecule has 1 aliphatic carbocycles. The number of hydrogen-bond donors (Lipinski definition) is 0. The summed E-state index contributed by atoms with van der Waals surface area (Å²) >= 11 is 0. The van der Waals surface area contributed by atoms with Gasteiger partial charge in [0.25, 0.3) is 0 Å². The molecule has 0 spiro atoms. The Labute approximate surface area is 73.6 Å². The fraction of sp³-hybridized carbons (Fsp3) is 0.700. The minimum atomic E-state index is -0.328. The molecule has 0 aliphatic heterocycles. The van der Waals surface area contributed by atoms with Crippen molar-refractivity contribution in [3.8, 4) is 0 Å². The predicted molar refractivity (Wildman–Crippen MR) is 47.8 cm³/mol. The maximum Gasteiger partial charge on any atom is 0.303 e. The van der Waals surface area contributed by atoms with Gasteiger partial charge in [0.15, 0.2) is 0 Å². The Hall–Kier alpha value is -0.790. The molecule has 1 rings (SSSR count). The number of esters is 1. The molecule has 0 amide bonds. The topological polar surface area (TPSA) is 26.3 Å². The number of hydrogen-bond acceptors (Lipinski definition) is 2. The second kappa shape index (κ2) is 3.30. The predicted octanol–water partition coefficient (Wildman–Crippen LogP) is 2.44. The summed E-state index contributed by atoms with van der Waals surface area (Å²) in [6.45, 7) is 7.29.